The number of carbonyl (C=O) groups excluding carboxylic acids is 1. The molecule has 250 valence electrons. The molecule has 48 heavy (non-hydrogen) atoms. The van der Waals surface area contributed by atoms with E-state index in [4.69, 9.17) is 21.4 Å². The lowest BCUT2D eigenvalue weighted by Crippen LogP contribution is -2.38. The fourth-order valence-electron chi connectivity index (χ4n) is 6.82. The van der Waals surface area contributed by atoms with Gasteiger partial charge in [-0.3, -0.25) is 9.72 Å². The molecule has 0 radical (unpaired) electrons. The van der Waals surface area contributed by atoms with E-state index >= 15 is 0 Å². The van der Waals surface area contributed by atoms with Crippen LogP contribution in [0.4, 0.5) is 16.6 Å². The highest BCUT2D eigenvalue weighted by Gasteiger charge is 2.30. The molecule has 2 aliphatic rings. The predicted molar refractivity (Wildman–Crippen MR) is 189 cm³/mol. The number of ether oxygens (including phenoxy) is 1. The average Bonchev–Trinajstić information content (AvgIpc) is 3.71. The minimum absolute atomic E-state index is 0.154. The molecule has 1 fully saturated rings. The number of hydrogen-bond donors (Lipinski definition) is 2. The van der Waals surface area contributed by atoms with Gasteiger partial charge in [0.05, 0.1) is 23.6 Å². The number of alkyl halides is 1. The van der Waals surface area contributed by atoms with Gasteiger partial charge in [0.25, 0.3) is 0 Å². The van der Waals surface area contributed by atoms with Crippen LogP contribution in [0.25, 0.3) is 11.3 Å². The van der Waals surface area contributed by atoms with E-state index in [1.54, 1.807) is 4.68 Å². The van der Waals surface area contributed by atoms with Crippen molar-refractivity contribution in [3.05, 3.63) is 95.3 Å². The number of halogens is 1. The van der Waals surface area contributed by atoms with Gasteiger partial charge in [0.2, 0.25) is 5.95 Å². The molecule has 1 unspecified atom stereocenters. The minimum atomic E-state index is -0.290. The Morgan fingerprint density at radius 1 is 0.979 bits per heavy atom. The van der Waals surface area contributed by atoms with Crippen LogP contribution in [0.3, 0.4) is 0 Å². The molecule has 1 aliphatic heterocycles. The van der Waals surface area contributed by atoms with E-state index in [-0.39, 0.29) is 23.6 Å². The van der Waals surface area contributed by atoms with Crippen LogP contribution in [0.15, 0.2) is 72.9 Å². The third-order valence-electron chi connectivity index (χ3n) is 9.47. The molecule has 0 saturated carbocycles. The van der Waals surface area contributed by atoms with Crippen LogP contribution in [0.5, 0.6) is 5.75 Å². The van der Waals surface area contributed by atoms with E-state index in [0.717, 1.165) is 77.6 Å². The fourth-order valence-corrected chi connectivity index (χ4v) is 6.99. The van der Waals surface area contributed by atoms with E-state index in [1.807, 2.05) is 65.2 Å². The highest BCUT2D eigenvalue weighted by molar-refractivity contribution is 6.17. The molecule has 3 atom stereocenters. The standard InChI is InChI=1S/C37H43ClN8O2/c1-24-10-7-8-19-44(24)36-42-41-33-18-15-27(23-45(33)36)48-31-17-16-30(28-13-5-6-14-29(28)31)39-35(47)40-34-21-32(37(2,3)4)43-46(34)26-12-9-11-25(20-26)22-38/h5-6,9,11-15,18,20-21,23-24,30-31H,7-8,10,16-17,19,22H2,1-4H3,(H2,39,40,47)/t24?,30-,31+/m0/s1. The maximum atomic E-state index is 13.6. The van der Waals surface area contributed by atoms with Gasteiger partial charge in [0.1, 0.15) is 17.7 Å². The van der Waals surface area contributed by atoms with Crippen molar-refractivity contribution in [1.82, 2.24) is 29.7 Å². The summed E-state index contributed by atoms with van der Waals surface area (Å²) in [5.74, 6) is 2.62. The maximum Gasteiger partial charge on any atom is 0.320 e. The molecule has 10 nitrogen and oxygen atoms in total. The average molecular weight is 667 g/mol. The van der Waals surface area contributed by atoms with Crippen molar-refractivity contribution >= 4 is 35.0 Å². The Morgan fingerprint density at radius 2 is 1.81 bits per heavy atom. The van der Waals surface area contributed by atoms with Crippen LogP contribution in [0.2, 0.25) is 0 Å². The summed E-state index contributed by atoms with van der Waals surface area (Å²) in [4.78, 5) is 15.9. The zero-order valence-electron chi connectivity index (χ0n) is 28.0. The van der Waals surface area contributed by atoms with Crippen LogP contribution in [0.1, 0.15) is 94.3 Å². The fraction of sp³-hybridized carbons (Fsp3) is 0.405. The lowest BCUT2D eigenvalue weighted by atomic mass is 9.85. The first-order chi connectivity index (χ1) is 23.2. The van der Waals surface area contributed by atoms with Crippen LogP contribution >= 0.6 is 11.6 Å². The summed E-state index contributed by atoms with van der Waals surface area (Å²) >= 11 is 6.13. The molecule has 4 heterocycles. The number of amides is 2. The summed E-state index contributed by atoms with van der Waals surface area (Å²) in [7, 11) is 0. The highest BCUT2D eigenvalue weighted by atomic mass is 35.5. The Labute approximate surface area is 286 Å². The Kier molecular flexibility index (Phi) is 8.76. The van der Waals surface area contributed by atoms with Crippen molar-refractivity contribution < 1.29 is 9.53 Å². The quantitative estimate of drug-likeness (QED) is 0.170. The number of nitrogens with one attached hydrogen (secondary N) is 2. The largest absolute Gasteiger partial charge is 0.484 e. The number of urea groups is 1. The molecule has 5 aromatic rings. The smallest absolute Gasteiger partial charge is 0.320 e. The van der Waals surface area contributed by atoms with E-state index in [2.05, 4.69) is 65.6 Å². The zero-order chi connectivity index (χ0) is 33.4. The molecule has 1 saturated heterocycles. The van der Waals surface area contributed by atoms with Gasteiger partial charge in [-0.25, -0.2) is 9.48 Å². The van der Waals surface area contributed by atoms with Crippen molar-refractivity contribution in [2.75, 3.05) is 16.8 Å². The normalized spacial score (nSPS) is 19.6. The topological polar surface area (TPSA) is 102 Å². The molecule has 0 spiro atoms. The Hall–Kier alpha value is -4.57. The van der Waals surface area contributed by atoms with Gasteiger partial charge < -0.3 is 15.0 Å². The van der Waals surface area contributed by atoms with Gasteiger partial charge in [0.15, 0.2) is 5.65 Å². The number of pyridine rings is 1. The number of carbonyl (C=O) groups is 1. The summed E-state index contributed by atoms with van der Waals surface area (Å²) < 4.78 is 10.5. The van der Waals surface area contributed by atoms with Gasteiger partial charge in [-0.05, 0) is 80.0 Å². The third-order valence-corrected chi connectivity index (χ3v) is 9.77. The molecule has 11 heteroatoms. The predicted octanol–water partition coefficient (Wildman–Crippen LogP) is 8.11. The molecule has 3 aromatic heterocycles. The summed E-state index contributed by atoms with van der Waals surface area (Å²) in [5.41, 5.74) is 5.41. The van der Waals surface area contributed by atoms with Gasteiger partial charge >= 0.3 is 6.03 Å². The summed E-state index contributed by atoms with van der Waals surface area (Å²) in [6.07, 6.45) is 6.88. The number of benzene rings is 2. The number of rotatable bonds is 7. The van der Waals surface area contributed by atoms with E-state index < -0.39 is 0 Å². The number of anilines is 2. The van der Waals surface area contributed by atoms with Crippen molar-refractivity contribution in [1.29, 1.82) is 0 Å². The Balaban J connectivity index is 1.09. The van der Waals surface area contributed by atoms with E-state index in [9.17, 15) is 4.79 Å². The van der Waals surface area contributed by atoms with Gasteiger partial charge in [-0.2, -0.15) is 5.10 Å². The zero-order valence-corrected chi connectivity index (χ0v) is 28.7. The van der Waals surface area contributed by atoms with Gasteiger partial charge in [0, 0.05) is 29.9 Å². The van der Waals surface area contributed by atoms with Crippen LogP contribution in [-0.2, 0) is 11.3 Å². The molecule has 1 aliphatic carbocycles. The lowest BCUT2D eigenvalue weighted by molar-refractivity contribution is 0.171. The monoisotopic (exact) mass is 666 g/mol. The molecule has 2 aromatic carbocycles. The lowest BCUT2D eigenvalue weighted by Gasteiger charge is -2.33. The second kappa shape index (κ2) is 13.1. The Bertz CT molecular complexity index is 1930. The first kappa shape index (κ1) is 32.0. The van der Waals surface area contributed by atoms with Crippen LogP contribution in [0, 0.1) is 0 Å². The SMILES string of the molecule is CC1CCCCN1c1nnc2ccc(O[C@@H]3CC[C@H](NC(=O)Nc4cc(C(C)(C)C)nn4-c4cccc(CCl)c4)c4ccccc43)cn12. The van der Waals surface area contributed by atoms with E-state index in [0.29, 0.717) is 17.7 Å². The number of nitrogens with zero attached hydrogens (tertiary/aromatic N) is 6. The molecule has 2 N–H and O–H groups in total. The molecular weight excluding hydrogens is 624 g/mol. The highest BCUT2D eigenvalue weighted by Crippen LogP contribution is 2.39. The molecular formula is C37H43ClN8O2. The van der Waals surface area contributed by atoms with Gasteiger partial charge in [-0.15, -0.1) is 21.8 Å². The van der Waals surface area contributed by atoms with Crippen molar-refractivity contribution in [2.24, 2.45) is 0 Å². The number of piperidine rings is 1. The number of aromatic nitrogens is 5. The van der Waals surface area contributed by atoms with Crippen molar-refractivity contribution in [3.8, 4) is 11.4 Å². The summed E-state index contributed by atoms with van der Waals surface area (Å²) in [6, 6.07) is 21.9. The van der Waals surface area contributed by atoms with Crippen LogP contribution in [-0.4, -0.2) is 43.0 Å². The molecule has 0 bridgehead atoms. The molecule has 7 rings (SSSR count). The summed E-state index contributed by atoms with van der Waals surface area (Å²) in [6.45, 7) is 9.55. The van der Waals surface area contributed by atoms with Gasteiger partial charge in [-0.1, -0.05) is 57.2 Å². The first-order valence-corrected chi connectivity index (χ1v) is 17.4. The third kappa shape index (κ3) is 6.45. The molecule has 2 amide bonds. The van der Waals surface area contributed by atoms with Crippen molar-refractivity contribution in [3.63, 3.8) is 0 Å². The summed E-state index contributed by atoms with van der Waals surface area (Å²) in [5, 5.41) is 20.1. The van der Waals surface area contributed by atoms with Crippen LogP contribution < -0.4 is 20.3 Å². The second-order valence-electron chi connectivity index (χ2n) is 14.0. The minimum Gasteiger partial charge on any atom is -0.484 e. The van der Waals surface area contributed by atoms with Crippen molar-refractivity contribution in [2.45, 2.75) is 89.3 Å². The number of hydrogen-bond acceptors (Lipinski definition) is 6. The van der Waals surface area contributed by atoms with E-state index in [1.165, 1.54) is 6.42 Å². The maximum absolute atomic E-state index is 13.6. The number of fused-ring (bicyclic) bond motifs is 2. The first-order valence-electron chi connectivity index (χ1n) is 16.9. The second-order valence-corrected chi connectivity index (χ2v) is 14.2. The Morgan fingerprint density at radius 3 is 2.60 bits per heavy atom.